The summed E-state index contributed by atoms with van der Waals surface area (Å²) >= 11 is 0. The van der Waals surface area contributed by atoms with Crippen molar-refractivity contribution < 1.29 is 87.1 Å². The molecule has 1 N–H and O–H groups in total. The van der Waals surface area contributed by atoms with Crippen molar-refractivity contribution >= 4 is 27.5 Å². The van der Waals surface area contributed by atoms with Gasteiger partial charge in [0.25, 0.3) is 0 Å². The number of rotatable bonds is 4. The van der Waals surface area contributed by atoms with E-state index in [1.807, 2.05) is 0 Å². The van der Waals surface area contributed by atoms with E-state index in [1.165, 1.54) is 18.2 Å². The van der Waals surface area contributed by atoms with Crippen LogP contribution in [-0.4, -0.2) is 24.0 Å². The summed E-state index contributed by atoms with van der Waals surface area (Å²) < 4.78 is 32.3. The summed E-state index contributed by atoms with van der Waals surface area (Å²) in [4.78, 5) is 10.4. The van der Waals surface area contributed by atoms with Gasteiger partial charge in [0.2, 0.25) is 0 Å². The molecule has 2 aromatic rings. The summed E-state index contributed by atoms with van der Waals surface area (Å²) in [6.07, 6.45) is 0. The second-order valence-electron chi connectivity index (χ2n) is 4.14. The molecule has 0 radical (unpaired) electrons. The summed E-state index contributed by atoms with van der Waals surface area (Å²) in [5, 5.41) is 27.6. The van der Waals surface area contributed by atoms with Crippen LogP contribution in [0.2, 0.25) is 0 Å². The van der Waals surface area contributed by atoms with E-state index in [4.69, 9.17) is 0 Å². The van der Waals surface area contributed by atoms with Gasteiger partial charge in [0, 0.05) is 5.56 Å². The first kappa shape index (κ1) is 23.2. The SMILES string of the molecule is O=C([O-])c1cc(/N=N/c2ccc(S(=O)(=O)[O-])cc2)ccc1O.[Na+].[Na+]. The van der Waals surface area contributed by atoms with Crippen molar-refractivity contribution in [2.75, 3.05) is 0 Å². The number of carboxylic acids is 1. The molecule has 2 rings (SSSR count). The van der Waals surface area contributed by atoms with E-state index < -0.39 is 32.3 Å². The summed E-state index contributed by atoms with van der Waals surface area (Å²) in [5.74, 6) is -2.01. The quantitative estimate of drug-likeness (QED) is 0.326. The van der Waals surface area contributed by atoms with Crippen LogP contribution in [0.25, 0.3) is 0 Å². The Kier molecular flexibility index (Phi) is 9.32. The first-order valence-corrected chi connectivity index (χ1v) is 7.20. The maximum atomic E-state index is 10.8. The zero-order valence-electron chi connectivity index (χ0n) is 12.8. The summed E-state index contributed by atoms with van der Waals surface area (Å²) in [6, 6.07) is 8.25. The van der Waals surface area contributed by atoms with Crippen LogP contribution in [0.5, 0.6) is 5.75 Å². The molecule has 0 aliphatic rings. The number of carbonyl (C=O) groups is 1. The van der Waals surface area contributed by atoms with Crippen molar-refractivity contribution in [1.82, 2.24) is 0 Å². The Balaban J connectivity index is 0.00000264. The summed E-state index contributed by atoms with van der Waals surface area (Å²) in [5.41, 5.74) is -0.0164. The Morgan fingerprint density at radius 1 is 0.958 bits per heavy atom. The predicted molar refractivity (Wildman–Crippen MR) is 71.0 cm³/mol. The molecule has 0 aliphatic heterocycles. The fourth-order valence-electron chi connectivity index (χ4n) is 1.54. The molecular formula is C13H8N2Na2O6S. The molecule has 0 bridgehead atoms. The maximum absolute atomic E-state index is 10.8. The van der Waals surface area contributed by atoms with E-state index in [2.05, 4.69) is 10.2 Å². The van der Waals surface area contributed by atoms with Gasteiger partial charge < -0.3 is 19.6 Å². The first-order chi connectivity index (χ1) is 10.3. The van der Waals surface area contributed by atoms with Gasteiger partial charge in [-0.3, -0.25) is 0 Å². The molecule has 11 heteroatoms. The van der Waals surface area contributed by atoms with Crippen molar-refractivity contribution in [2.24, 2.45) is 10.2 Å². The number of hydrogen-bond donors (Lipinski definition) is 1. The van der Waals surface area contributed by atoms with Gasteiger partial charge in [-0.05, 0) is 42.5 Å². The number of aromatic carboxylic acids is 1. The van der Waals surface area contributed by atoms with Gasteiger partial charge in [0.05, 0.1) is 22.2 Å². The van der Waals surface area contributed by atoms with Crippen LogP contribution in [0.4, 0.5) is 11.4 Å². The molecule has 0 aliphatic carbocycles. The normalized spacial score (nSPS) is 10.7. The fraction of sp³-hybridized carbons (Fsp3) is 0. The van der Waals surface area contributed by atoms with Gasteiger partial charge >= 0.3 is 59.1 Å². The number of carbonyl (C=O) groups excluding carboxylic acids is 1. The monoisotopic (exact) mass is 366 g/mol. The Morgan fingerprint density at radius 3 is 1.96 bits per heavy atom. The van der Waals surface area contributed by atoms with Gasteiger partial charge in [-0.15, -0.1) is 0 Å². The molecule has 0 atom stereocenters. The second-order valence-corrected chi connectivity index (χ2v) is 5.52. The molecule has 114 valence electrons. The number of hydrogen-bond acceptors (Lipinski definition) is 8. The molecule has 0 saturated carbocycles. The maximum Gasteiger partial charge on any atom is 1.00 e. The zero-order chi connectivity index (χ0) is 16.3. The van der Waals surface area contributed by atoms with Gasteiger partial charge in [0.1, 0.15) is 15.9 Å². The fourth-order valence-corrected chi connectivity index (χ4v) is 2.01. The minimum absolute atomic E-state index is 0. The number of nitrogens with zero attached hydrogens (tertiary/aromatic N) is 2. The third-order valence-corrected chi connectivity index (χ3v) is 3.46. The Morgan fingerprint density at radius 2 is 1.46 bits per heavy atom. The average molecular weight is 366 g/mol. The first-order valence-electron chi connectivity index (χ1n) is 5.79. The molecule has 0 saturated heterocycles. The second kappa shape index (κ2) is 9.64. The largest absolute Gasteiger partial charge is 1.00 e. The van der Waals surface area contributed by atoms with Crippen molar-refractivity contribution in [2.45, 2.75) is 4.90 Å². The van der Waals surface area contributed by atoms with Crippen molar-refractivity contribution in [3.8, 4) is 5.75 Å². The van der Waals surface area contributed by atoms with E-state index in [0.29, 0.717) is 0 Å². The molecule has 24 heavy (non-hydrogen) atoms. The smallest absolute Gasteiger partial charge is 0.744 e. The van der Waals surface area contributed by atoms with Crippen LogP contribution in [0.1, 0.15) is 10.4 Å². The van der Waals surface area contributed by atoms with Gasteiger partial charge in [-0.2, -0.15) is 10.2 Å². The van der Waals surface area contributed by atoms with E-state index >= 15 is 0 Å². The minimum atomic E-state index is -4.53. The van der Waals surface area contributed by atoms with Crippen LogP contribution in [0.15, 0.2) is 57.6 Å². The molecule has 0 heterocycles. The number of benzene rings is 2. The third-order valence-electron chi connectivity index (χ3n) is 2.61. The number of aromatic hydroxyl groups is 1. The van der Waals surface area contributed by atoms with Gasteiger partial charge in [0.15, 0.2) is 0 Å². The molecule has 0 unspecified atom stereocenters. The molecule has 0 spiro atoms. The molecule has 0 aromatic heterocycles. The molecule has 0 fully saturated rings. The standard InChI is InChI=1S/C13H10N2O6S.2Na/c16-12-6-3-9(7-11(12)13(17)18)15-14-8-1-4-10(5-2-8)22(19,20)21;;/h1-7,16H,(H,17,18)(H,19,20,21);;/q;2*+1/p-2/b15-14+;;. The van der Waals surface area contributed by atoms with Crippen LogP contribution < -0.4 is 64.2 Å². The van der Waals surface area contributed by atoms with E-state index in [9.17, 15) is 28.0 Å². The Labute approximate surface area is 182 Å². The predicted octanol–water partition coefficient (Wildman–Crippen LogP) is -4.92. The third kappa shape index (κ3) is 6.26. The summed E-state index contributed by atoms with van der Waals surface area (Å²) in [7, 11) is -4.53. The van der Waals surface area contributed by atoms with Crippen LogP contribution in [0.3, 0.4) is 0 Å². The molecule has 0 amide bonds. The zero-order valence-corrected chi connectivity index (χ0v) is 17.6. The van der Waals surface area contributed by atoms with Gasteiger partial charge in [-0.1, -0.05) is 0 Å². The van der Waals surface area contributed by atoms with E-state index in [0.717, 1.165) is 24.3 Å². The average Bonchev–Trinajstić information content (AvgIpc) is 2.45. The summed E-state index contributed by atoms with van der Waals surface area (Å²) in [6.45, 7) is 0. The van der Waals surface area contributed by atoms with Crippen molar-refractivity contribution in [3.05, 3.63) is 48.0 Å². The Bertz CT molecular complexity index is 853. The van der Waals surface area contributed by atoms with Crippen LogP contribution in [0, 0.1) is 0 Å². The molecule has 8 nitrogen and oxygen atoms in total. The van der Waals surface area contributed by atoms with E-state index in [1.54, 1.807) is 0 Å². The van der Waals surface area contributed by atoms with Crippen molar-refractivity contribution in [3.63, 3.8) is 0 Å². The van der Waals surface area contributed by atoms with Gasteiger partial charge in [-0.25, -0.2) is 8.42 Å². The Hall–Kier alpha value is -0.780. The van der Waals surface area contributed by atoms with Crippen LogP contribution >= 0.6 is 0 Å². The number of phenols is 1. The van der Waals surface area contributed by atoms with Crippen LogP contribution in [-0.2, 0) is 10.1 Å². The number of azo groups is 1. The van der Waals surface area contributed by atoms with E-state index in [-0.39, 0.29) is 70.5 Å². The molecular weight excluding hydrogens is 358 g/mol. The topological polar surface area (TPSA) is 142 Å². The van der Waals surface area contributed by atoms with Crippen molar-refractivity contribution in [1.29, 1.82) is 0 Å². The number of carboxylic acid groups (broad SMARTS) is 1. The molecule has 2 aromatic carbocycles. The minimum Gasteiger partial charge on any atom is -0.744 e.